The molecule has 1 aromatic heterocycles. The van der Waals surface area contributed by atoms with E-state index in [9.17, 15) is 9.59 Å². The molecule has 14 heavy (non-hydrogen) atoms. The highest BCUT2D eigenvalue weighted by Gasteiger charge is 2.13. The number of rotatable bonds is 4. The fraction of sp³-hybridized carbons (Fsp3) is 0.333. The van der Waals surface area contributed by atoms with Crippen molar-refractivity contribution in [2.45, 2.75) is 0 Å². The van der Waals surface area contributed by atoms with Crippen LogP contribution in [-0.2, 0) is 11.8 Å². The number of aromatic carboxylic acids is 1. The number of aryl methyl sites for hydroxylation is 1. The van der Waals surface area contributed by atoms with Crippen LogP contribution in [0.25, 0.3) is 0 Å². The normalized spacial score (nSPS) is 9.79. The fourth-order valence-electron chi connectivity index (χ4n) is 0.812. The zero-order chi connectivity index (χ0) is 10.7. The van der Waals surface area contributed by atoms with Gasteiger partial charge in [0.25, 0.3) is 0 Å². The van der Waals surface area contributed by atoms with E-state index in [0.29, 0.717) is 0 Å². The maximum atomic E-state index is 10.5. The third-order valence-electron chi connectivity index (χ3n) is 1.38. The molecule has 0 radical (unpaired) electrons. The number of primary amides is 1. The highest BCUT2D eigenvalue weighted by Crippen LogP contribution is 2.00. The second kappa shape index (κ2) is 3.73. The van der Waals surface area contributed by atoms with Crippen LogP contribution in [0.5, 0.6) is 0 Å². The minimum atomic E-state index is -1.19. The van der Waals surface area contributed by atoms with Crippen molar-refractivity contribution in [3.05, 3.63) is 5.82 Å². The van der Waals surface area contributed by atoms with E-state index in [1.165, 1.54) is 7.05 Å². The summed E-state index contributed by atoms with van der Waals surface area (Å²) in [6, 6.07) is 0. The smallest absolute Gasteiger partial charge is 0.373 e. The monoisotopic (exact) mass is 199 g/mol. The molecule has 4 N–H and O–H groups in total. The summed E-state index contributed by atoms with van der Waals surface area (Å²) in [5.41, 5.74) is 4.86. The number of aromatic nitrogens is 3. The molecule has 0 atom stereocenters. The standard InChI is InChI=1S/C6H9N5O3/c1-11-4(5(13)14)9-6(10-11)8-2-3(7)12/h2H2,1H3,(H2,7,12)(H,8,10)(H,13,14). The van der Waals surface area contributed by atoms with Crippen LogP contribution in [0.2, 0.25) is 0 Å². The van der Waals surface area contributed by atoms with Crippen molar-refractivity contribution in [1.29, 1.82) is 0 Å². The van der Waals surface area contributed by atoms with Crippen molar-refractivity contribution in [3.8, 4) is 0 Å². The molecule has 0 fully saturated rings. The molecule has 0 bridgehead atoms. The van der Waals surface area contributed by atoms with Crippen LogP contribution in [-0.4, -0.2) is 38.3 Å². The summed E-state index contributed by atoms with van der Waals surface area (Å²) in [7, 11) is 1.44. The van der Waals surface area contributed by atoms with Gasteiger partial charge in [0.1, 0.15) is 0 Å². The van der Waals surface area contributed by atoms with Gasteiger partial charge in [-0.3, -0.25) is 4.79 Å². The van der Waals surface area contributed by atoms with Gasteiger partial charge in [-0.05, 0) is 0 Å². The molecule has 76 valence electrons. The minimum absolute atomic E-state index is 0.0590. The predicted molar refractivity (Wildman–Crippen MR) is 45.6 cm³/mol. The molecular weight excluding hydrogens is 190 g/mol. The minimum Gasteiger partial charge on any atom is -0.475 e. The fourth-order valence-corrected chi connectivity index (χ4v) is 0.812. The Balaban J connectivity index is 2.76. The quantitative estimate of drug-likeness (QED) is 0.537. The third kappa shape index (κ3) is 2.19. The van der Waals surface area contributed by atoms with Gasteiger partial charge in [-0.15, -0.1) is 5.10 Å². The SMILES string of the molecule is Cn1nc(NCC(N)=O)nc1C(=O)O. The summed E-state index contributed by atoms with van der Waals surface area (Å²) in [5, 5.41) is 14.8. The molecule has 8 heteroatoms. The Morgan fingerprint density at radius 1 is 1.64 bits per heavy atom. The van der Waals surface area contributed by atoms with Crippen molar-refractivity contribution >= 4 is 17.8 Å². The topological polar surface area (TPSA) is 123 Å². The third-order valence-corrected chi connectivity index (χ3v) is 1.38. The number of carbonyl (C=O) groups is 2. The van der Waals surface area contributed by atoms with Gasteiger partial charge < -0.3 is 16.2 Å². The predicted octanol–water partition coefficient (Wildman–Crippen LogP) is -1.59. The van der Waals surface area contributed by atoms with Gasteiger partial charge in [0.05, 0.1) is 6.54 Å². The Morgan fingerprint density at radius 3 is 2.71 bits per heavy atom. The van der Waals surface area contributed by atoms with E-state index in [4.69, 9.17) is 10.8 Å². The lowest BCUT2D eigenvalue weighted by molar-refractivity contribution is -0.116. The summed E-state index contributed by atoms with van der Waals surface area (Å²) in [6.07, 6.45) is 0. The molecule has 1 rings (SSSR count). The lowest BCUT2D eigenvalue weighted by Crippen LogP contribution is -2.22. The van der Waals surface area contributed by atoms with E-state index in [0.717, 1.165) is 4.68 Å². The number of carboxylic acid groups (broad SMARTS) is 1. The molecule has 0 aliphatic heterocycles. The van der Waals surface area contributed by atoms with Crippen LogP contribution in [0, 0.1) is 0 Å². The molecule has 0 aliphatic rings. The largest absolute Gasteiger partial charge is 0.475 e. The Bertz CT molecular complexity index is 372. The van der Waals surface area contributed by atoms with Gasteiger partial charge >= 0.3 is 5.97 Å². The molecule has 1 heterocycles. The van der Waals surface area contributed by atoms with E-state index < -0.39 is 11.9 Å². The second-order valence-corrected chi connectivity index (χ2v) is 2.51. The lowest BCUT2D eigenvalue weighted by atomic mass is 10.6. The summed E-state index contributed by atoms with van der Waals surface area (Å²) < 4.78 is 1.09. The molecule has 8 nitrogen and oxygen atoms in total. The van der Waals surface area contributed by atoms with Crippen LogP contribution < -0.4 is 11.1 Å². The van der Waals surface area contributed by atoms with Crippen LogP contribution in [0.4, 0.5) is 5.95 Å². The van der Waals surface area contributed by atoms with Crippen LogP contribution in [0.3, 0.4) is 0 Å². The first-order valence-corrected chi connectivity index (χ1v) is 3.67. The molecular formula is C6H9N5O3. The van der Waals surface area contributed by atoms with Crippen molar-refractivity contribution in [2.24, 2.45) is 12.8 Å². The van der Waals surface area contributed by atoms with Crippen molar-refractivity contribution < 1.29 is 14.7 Å². The van der Waals surface area contributed by atoms with Crippen LogP contribution in [0.1, 0.15) is 10.6 Å². The maximum absolute atomic E-state index is 10.5. The summed E-state index contributed by atoms with van der Waals surface area (Å²) in [5.74, 6) is -1.91. The number of anilines is 1. The maximum Gasteiger partial charge on any atom is 0.373 e. The molecule has 0 spiro atoms. The van der Waals surface area contributed by atoms with E-state index in [2.05, 4.69) is 15.4 Å². The van der Waals surface area contributed by atoms with Crippen molar-refractivity contribution in [3.63, 3.8) is 0 Å². The number of nitrogens with zero attached hydrogens (tertiary/aromatic N) is 3. The Morgan fingerprint density at radius 2 is 2.29 bits per heavy atom. The number of hydrogen-bond donors (Lipinski definition) is 3. The number of carbonyl (C=O) groups excluding carboxylic acids is 1. The molecule has 0 aliphatic carbocycles. The molecule has 0 unspecified atom stereocenters. The lowest BCUT2D eigenvalue weighted by Gasteiger charge is -1.94. The van der Waals surface area contributed by atoms with Crippen molar-refractivity contribution in [2.75, 3.05) is 11.9 Å². The number of nitrogens with two attached hydrogens (primary N) is 1. The van der Waals surface area contributed by atoms with Crippen LogP contribution >= 0.6 is 0 Å². The van der Waals surface area contributed by atoms with Gasteiger partial charge in [0.2, 0.25) is 17.7 Å². The molecule has 0 saturated carbocycles. The van der Waals surface area contributed by atoms with Crippen molar-refractivity contribution in [1.82, 2.24) is 14.8 Å². The Hall–Kier alpha value is -2.12. The first kappa shape index (κ1) is 9.96. The Labute approximate surface area is 78.7 Å². The average molecular weight is 199 g/mol. The molecule has 0 saturated heterocycles. The van der Waals surface area contributed by atoms with E-state index in [-0.39, 0.29) is 18.3 Å². The number of nitrogens with one attached hydrogen (secondary N) is 1. The van der Waals surface area contributed by atoms with E-state index >= 15 is 0 Å². The Kier molecular flexibility index (Phi) is 2.65. The van der Waals surface area contributed by atoms with Gasteiger partial charge in [-0.25, -0.2) is 9.48 Å². The summed E-state index contributed by atoms with van der Waals surface area (Å²) in [4.78, 5) is 24.5. The van der Waals surface area contributed by atoms with Gasteiger partial charge in [-0.1, -0.05) is 0 Å². The number of carboxylic acids is 1. The highest BCUT2D eigenvalue weighted by atomic mass is 16.4. The number of amides is 1. The molecule has 1 amide bonds. The summed E-state index contributed by atoms with van der Waals surface area (Å²) in [6.45, 7) is -0.136. The highest BCUT2D eigenvalue weighted by molar-refractivity contribution is 5.84. The van der Waals surface area contributed by atoms with Gasteiger partial charge in [0.15, 0.2) is 0 Å². The van der Waals surface area contributed by atoms with E-state index in [1.54, 1.807) is 0 Å². The second-order valence-electron chi connectivity index (χ2n) is 2.51. The average Bonchev–Trinajstić information content (AvgIpc) is 2.43. The molecule has 0 aromatic carbocycles. The first-order chi connectivity index (χ1) is 6.50. The first-order valence-electron chi connectivity index (χ1n) is 3.67. The van der Waals surface area contributed by atoms with E-state index in [1.807, 2.05) is 0 Å². The zero-order valence-electron chi connectivity index (χ0n) is 7.39. The number of hydrogen-bond acceptors (Lipinski definition) is 5. The van der Waals surface area contributed by atoms with Gasteiger partial charge in [0, 0.05) is 7.05 Å². The summed E-state index contributed by atoms with van der Waals surface area (Å²) >= 11 is 0. The van der Waals surface area contributed by atoms with Gasteiger partial charge in [-0.2, -0.15) is 4.98 Å². The van der Waals surface area contributed by atoms with Crippen LogP contribution in [0.15, 0.2) is 0 Å². The molecule has 1 aromatic rings. The zero-order valence-corrected chi connectivity index (χ0v) is 7.39.